The number of aliphatic imine (C=N–C) groups is 1. The van der Waals surface area contributed by atoms with Crippen molar-refractivity contribution in [3.63, 3.8) is 0 Å². The van der Waals surface area contributed by atoms with Crippen LogP contribution in [0.25, 0.3) is 0 Å². The quantitative estimate of drug-likeness (QED) is 0.229. The van der Waals surface area contributed by atoms with Gasteiger partial charge in [0.15, 0.2) is 0 Å². The van der Waals surface area contributed by atoms with Crippen LogP contribution in [-0.2, 0) is 4.74 Å². The van der Waals surface area contributed by atoms with E-state index in [1.165, 1.54) is 6.26 Å². The SMILES string of the molecule is CCC#CC(=C=COC)C(=NC)SC. The lowest BCUT2D eigenvalue weighted by molar-refractivity contribution is 0.339. The van der Waals surface area contributed by atoms with Crippen LogP contribution in [0, 0.1) is 11.8 Å². The van der Waals surface area contributed by atoms with Gasteiger partial charge in [0.2, 0.25) is 0 Å². The Morgan fingerprint density at radius 1 is 1.57 bits per heavy atom. The zero-order valence-corrected chi connectivity index (χ0v) is 9.86. The second-order valence-corrected chi connectivity index (χ2v) is 3.06. The first kappa shape index (κ1) is 12.9. The molecule has 0 amide bonds. The van der Waals surface area contributed by atoms with Gasteiger partial charge in [-0.25, -0.2) is 0 Å². The number of hydrogen-bond acceptors (Lipinski definition) is 3. The topological polar surface area (TPSA) is 21.6 Å². The van der Waals surface area contributed by atoms with Crippen molar-refractivity contribution < 1.29 is 4.74 Å². The minimum atomic E-state index is 0.781. The van der Waals surface area contributed by atoms with Crippen molar-refractivity contribution in [3.05, 3.63) is 17.6 Å². The summed E-state index contributed by atoms with van der Waals surface area (Å²) in [6, 6.07) is 0. The third kappa shape index (κ3) is 4.81. The molecule has 0 saturated heterocycles. The molecule has 0 aromatic rings. The van der Waals surface area contributed by atoms with E-state index in [0.29, 0.717) is 0 Å². The molecular formula is C11H15NOS. The summed E-state index contributed by atoms with van der Waals surface area (Å²) in [6.45, 7) is 2.01. The van der Waals surface area contributed by atoms with Crippen LogP contribution in [0.4, 0.5) is 0 Å². The van der Waals surface area contributed by atoms with E-state index in [1.807, 2.05) is 13.2 Å². The molecule has 0 unspecified atom stereocenters. The molecule has 76 valence electrons. The molecule has 0 aromatic heterocycles. The summed E-state index contributed by atoms with van der Waals surface area (Å²) in [5, 5.41) is 0.874. The molecule has 0 N–H and O–H groups in total. The first-order valence-corrected chi connectivity index (χ1v) is 5.50. The smallest absolute Gasteiger partial charge is 0.126 e. The number of thioether (sulfide) groups is 1. The van der Waals surface area contributed by atoms with Crippen LogP contribution >= 0.6 is 11.8 Å². The summed E-state index contributed by atoms with van der Waals surface area (Å²) in [6.07, 6.45) is 4.27. The van der Waals surface area contributed by atoms with Crippen molar-refractivity contribution in [1.82, 2.24) is 0 Å². The summed E-state index contributed by atoms with van der Waals surface area (Å²) < 4.78 is 4.80. The van der Waals surface area contributed by atoms with Gasteiger partial charge in [0.05, 0.1) is 7.11 Å². The average Bonchev–Trinajstić information content (AvgIpc) is 2.22. The Morgan fingerprint density at radius 3 is 2.71 bits per heavy atom. The standard InChI is InChI=1S/C11H15NOS/c1-5-6-7-10(8-9-13-3)11(12-2)14-4/h9H,5H2,1-4H3. The van der Waals surface area contributed by atoms with Gasteiger partial charge in [-0.15, -0.1) is 11.8 Å². The van der Waals surface area contributed by atoms with E-state index < -0.39 is 0 Å². The lowest BCUT2D eigenvalue weighted by atomic mass is 10.3. The van der Waals surface area contributed by atoms with Crippen molar-refractivity contribution in [3.8, 4) is 11.8 Å². The first-order chi connectivity index (χ1) is 6.79. The predicted molar refractivity (Wildman–Crippen MR) is 63.5 cm³/mol. The Labute approximate surface area is 90.1 Å². The molecule has 0 fully saturated rings. The summed E-state index contributed by atoms with van der Waals surface area (Å²) >= 11 is 1.55. The van der Waals surface area contributed by atoms with Crippen LogP contribution in [0.3, 0.4) is 0 Å². The fourth-order valence-electron chi connectivity index (χ4n) is 0.751. The monoisotopic (exact) mass is 209 g/mol. The fraction of sp³-hybridized carbons (Fsp3) is 0.455. The molecule has 14 heavy (non-hydrogen) atoms. The Kier molecular flexibility index (Phi) is 7.83. The van der Waals surface area contributed by atoms with E-state index in [9.17, 15) is 0 Å². The zero-order valence-electron chi connectivity index (χ0n) is 9.05. The molecular weight excluding hydrogens is 194 g/mol. The molecule has 0 atom stereocenters. The van der Waals surface area contributed by atoms with Crippen molar-refractivity contribution >= 4 is 16.8 Å². The van der Waals surface area contributed by atoms with E-state index in [4.69, 9.17) is 4.74 Å². The average molecular weight is 209 g/mol. The van der Waals surface area contributed by atoms with E-state index in [1.54, 1.807) is 25.9 Å². The molecule has 0 bridgehead atoms. The fourth-order valence-corrected chi connectivity index (χ4v) is 1.25. The zero-order chi connectivity index (χ0) is 10.8. The van der Waals surface area contributed by atoms with Gasteiger partial charge in [0, 0.05) is 13.5 Å². The Bertz CT molecular complexity index is 314. The molecule has 3 heteroatoms. The number of hydrogen-bond donors (Lipinski definition) is 0. The summed E-state index contributed by atoms with van der Waals surface area (Å²) in [5.74, 6) is 5.99. The maximum Gasteiger partial charge on any atom is 0.126 e. The van der Waals surface area contributed by atoms with E-state index >= 15 is 0 Å². The number of methoxy groups -OCH3 is 1. The summed E-state index contributed by atoms with van der Waals surface area (Å²) in [4.78, 5) is 4.11. The van der Waals surface area contributed by atoms with Gasteiger partial charge in [-0.1, -0.05) is 24.5 Å². The third-order valence-corrected chi connectivity index (χ3v) is 2.09. The van der Waals surface area contributed by atoms with Crippen LogP contribution in [0.2, 0.25) is 0 Å². The number of rotatable bonds is 2. The van der Waals surface area contributed by atoms with Gasteiger partial charge in [-0.2, -0.15) is 0 Å². The van der Waals surface area contributed by atoms with Crippen LogP contribution in [0.1, 0.15) is 13.3 Å². The van der Waals surface area contributed by atoms with Gasteiger partial charge < -0.3 is 4.74 Å². The molecule has 2 nitrogen and oxygen atoms in total. The molecule has 0 rings (SSSR count). The van der Waals surface area contributed by atoms with Gasteiger partial charge in [-0.05, 0) is 6.26 Å². The van der Waals surface area contributed by atoms with Crippen molar-refractivity contribution in [1.29, 1.82) is 0 Å². The van der Waals surface area contributed by atoms with E-state index in [0.717, 1.165) is 17.0 Å². The highest BCUT2D eigenvalue weighted by molar-refractivity contribution is 8.13. The largest absolute Gasteiger partial charge is 0.496 e. The highest BCUT2D eigenvalue weighted by Gasteiger charge is 1.99. The Balaban J connectivity index is 5.01. The second-order valence-electron chi connectivity index (χ2n) is 2.26. The maximum absolute atomic E-state index is 4.80. The van der Waals surface area contributed by atoms with Crippen molar-refractivity contribution in [2.75, 3.05) is 20.4 Å². The molecule has 0 radical (unpaired) electrons. The van der Waals surface area contributed by atoms with Crippen molar-refractivity contribution in [2.24, 2.45) is 4.99 Å². The Morgan fingerprint density at radius 2 is 2.29 bits per heavy atom. The highest BCUT2D eigenvalue weighted by Crippen LogP contribution is 2.07. The van der Waals surface area contributed by atoms with Crippen LogP contribution in [0.15, 0.2) is 22.6 Å². The first-order valence-electron chi connectivity index (χ1n) is 4.28. The van der Waals surface area contributed by atoms with Gasteiger partial charge in [0.25, 0.3) is 0 Å². The van der Waals surface area contributed by atoms with Gasteiger partial charge >= 0.3 is 0 Å². The van der Waals surface area contributed by atoms with E-state index in [-0.39, 0.29) is 0 Å². The van der Waals surface area contributed by atoms with Crippen LogP contribution < -0.4 is 0 Å². The van der Waals surface area contributed by atoms with Gasteiger partial charge in [0.1, 0.15) is 16.9 Å². The van der Waals surface area contributed by atoms with E-state index in [2.05, 4.69) is 22.6 Å². The lowest BCUT2D eigenvalue weighted by Crippen LogP contribution is -1.93. The molecule has 0 saturated carbocycles. The maximum atomic E-state index is 4.80. The van der Waals surface area contributed by atoms with Crippen molar-refractivity contribution in [2.45, 2.75) is 13.3 Å². The summed E-state index contributed by atoms with van der Waals surface area (Å²) in [7, 11) is 3.33. The molecule has 0 aliphatic heterocycles. The predicted octanol–water partition coefficient (Wildman–Crippen LogP) is 2.48. The second kappa shape index (κ2) is 8.50. The molecule has 0 aliphatic carbocycles. The normalized spacial score (nSPS) is 9.57. The molecule has 0 aromatic carbocycles. The van der Waals surface area contributed by atoms with Gasteiger partial charge in [-0.3, -0.25) is 4.99 Å². The van der Waals surface area contributed by atoms with Crippen LogP contribution in [0.5, 0.6) is 0 Å². The molecule has 0 heterocycles. The number of ether oxygens (including phenoxy) is 1. The highest BCUT2D eigenvalue weighted by atomic mass is 32.2. The minimum Gasteiger partial charge on any atom is -0.496 e. The molecule has 0 spiro atoms. The minimum absolute atomic E-state index is 0.781. The Hall–Kier alpha value is -1.10. The molecule has 0 aliphatic rings. The summed E-state index contributed by atoms with van der Waals surface area (Å²) in [5.41, 5.74) is 3.73. The third-order valence-electron chi connectivity index (χ3n) is 1.32. The lowest BCUT2D eigenvalue weighted by Gasteiger charge is -1.96. The number of nitrogens with zero attached hydrogens (tertiary/aromatic N) is 1. The van der Waals surface area contributed by atoms with Crippen LogP contribution in [-0.4, -0.2) is 25.5 Å².